The van der Waals surface area contributed by atoms with Gasteiger partial charge in [0.15, 0.2) is 0 Å². The number of hydrogen-bond donors (Lipinski definition) is 2. The number of hydrogen-bond acceptors (Lipinski definition) is 4. The highest BCUT2D eigenvalue weighted by Gasteiger charge is 2.09. The average molecular weight is 248 g/mol. The highest BCUT2D eigenvalue weighted by atomic mass is 16.1. The van der Waals surface area contributed by atoms with Gasteiger partial charge in [-0.2, -0.15) is 0 Å². The van der Waals surface area contributed by atoms with Crippen LogP contribution in [0.15, 0.2) is 24.5 Å². The normalized spacial score (nSPS) is 16.4. The van der Waals surface area contributed by atoms with E-state index in [1.54, 1.807) is 24.5 Å². The van der Waals surface area contributed by atoms with E-state index < -0.39 is 0 Å². The Morgan fingerprint density at radius 2 is 2.28 bits per heavy atom. The summed E-state index contributed by atoms with van der Waals surface area (Å²) in [7, 11) is 0. The van der Waals surface area contributed by atoms with Crippen molar-refractivity contribution in [2.24, 2.45) is 0 Å². The Morgan fingerprint density at radius 1 is 1.44 bits per heavy atom. The van der Waals surface area contributed by atoms with Crippen LogP contribution in [0.2, 0.25) is 0 Å². The molecule has 5 nitrogen and oxygen atoms in total. The fraction of sp³-hybridized carbons (Fsp3) is 0.538. The fourth-order valence-electron chi connectivity index (χ4n) is 2.04. The molecule has 0 aromatic carbocycles. The molecule has 2 heterocycles. The van der Waals surface area contributed by atoms with Gasteiger partial charge in [-0.1, -0.05) is 0 Å². The number of nitrogens with zero attached hydrogens (tertiary/aromatic N) is 2. The van der Waals surface area contributed by atoms with Crippen LogP contribution in [0, 0.1) is 0 Å². The maximum Gasteiger partial charge on any atom is 0.252 e. The molecule has 1 amide bonds. The molecule has 18 heavy (non-hydrogen) atoms. The van der Waals surface area contributed by atoms with E-state index in [1.807, 2.05) is 0 Å². The number of amides is 1. The molecule has 5 heteroatoms. The molecule has 0 atom stereocenters. The van der Waals surface area contributed by atoms with Crippen molar-refractivity contribution < 1.29 is 4.79 Å². The smallest absolute Gasteiger partial charge is 0.252 e. The largest absolute Gasteiger partial charge is 0.352 e. The molecule has 0 radical (unpaired) electrons. The number of piperazine rings is 1. The van der Waals surface area contributed by atoms with Crippen LogP contribution in [0.5, 0.6) is 0 Å². The molecule has 1 aliphatic rings. The van der Waals surface area contributed by atoms with E-state index in [1.165, 1.54) is 0 Å². The van der Waals surface area contributed by atoms with Gasteiger partial charge in [-0.05, 0) is 25.1 Å². The van der Waals surface area contributed by atoms with Crippen LogP contribution < -0.4 is 10.6 Å². The molecule has 0 aliphatic carbocycles. The van der Waals surface area contributed by atoms with E-state index in [-0.39, 0.29) is 5.91 Å². The molecule has 1 saturated heterocycles. The van der Waals surface area contributed by atoms with E-state index in [9.17, 15) is 4.79 Å². The lowest BCUT2D eigenvalue weighted by atomic mass is 10.2. The summed E-state index contributed by atoms with van der Waals surface area (Å²) in [5, 5.41) is 6.24. The van der Waals surface area contributed by atoms with Crippen molar-refractivity contribution in [2.75, 3.05) is 39.3 Å². The lowest BCUT2D eigenvalue weighted by Gasteiger charge is -2.27. The number of carbonyl (C=O) groups excluding carboxylic acids is 1. The molecule has 1 aliphatic heterocycles. The monoisotopic (exact) mass is 248 g/mol. The van der Waals surface area contributed by atoms with E-state index in [2.05, 4.69) is 20.5 Å². The molecule has 1 fully saturated rings. The van der Waals surface area contributed by atoms with Gasteiger partial charge in [0.05, 0.1) is 5.56 Å². The number of nitrogens with one attached hydrogen (secondary N) is 2. The number of aromatic nitrogens is 1. The molecule has 1 aromatic heterocycles. The summed E-state index contributed by atoms with van der Waals surface area (Å²) in [6, 6.07) is 3.55. The van der Waals surface area contributed by atoms with Gasteiger partial charge in [-0.15, -0.1) is 0 Å². The molecule has 1 aromatic rings. The van der Waals surface area contributed by atoms with Crippen molar-refractivity contribution in [3.05, 3.63) is 30.1 Å². The number of carbonyl (C=O) groups is 1. The van der Waals surface area contributed by atoms with Crippen LogP contribution in [0.1, 0.15) is 16.8 Å². The topological polar surface area (TPSA) is 57.3 Å². The van der Waals surface area contributed by atoms with Crippen LogP contribution in [0.25, 0.3) is 0 Å². The summed E-state index contributed by atoms with van der Waals surface area (Å²) < 4.78 is 0. The summed E-state index contributed by atoms with van der Waals surface area (Å²) in [5.41, 5.74) is 0.625. The van der Waals surface area contributed by atoms with Gasteiger partial charge >= 0.3 is 0 Å². The Bertz CT molecular complexity index is 363. The van der Waals surface area contributed by atoms with Crippen LogP contribution >= 0.6 is 0 Å². The summed E-state index contributed by atoms with van der Waals surface area (Å²) in [6.07, 6.45) is 4.25. The first-order chi connectivity index (χ1) is 8.86. The van der Waals surface area contributed by atoms with E-state index >= 15 is 0 Å². The maximum atomic E-state index is 11.7. The third-order valence-electron chi connectivity index (χ3n) is 3.07. The lowest BCUT2D eigenvalue weighted by Crippen LogP contribution is -2.44. The second-order valence-corrected chi connectivity index (χ2v) is 4.44. The fourth-order valence-corrected chi connectivity index (χ4v) is 2.04. The third kappa shape index (κ3) is 4.09. The SMILES string of the molecule is O=C(NCCCN1CCNCC1)c1cccnc1. The lowest BCUT2D eigenvalue weighted by molar-refractivity contribution is 0.0951. The quantitative estimate of drug-likeness (QED) is 0.726. The average Bonchev–Trinajstić information content (AvgIpc) is 2.45. The second kappa shape index (κ2) is 7.08. The minimum atomic E-state index is -0.0385. The van der Waals surface area contributed by atoms with Gasteiger partial charge in [-0.3, -0.25) is 9.78 Å². The Labute approximate surface area is 108 Å². The van der Waals surface area contributed by atoms with Crippen LogP contribution in [0.4, 0.5) is 0 Å². The minimum Gasteiger partial charge on any atom is -0.352 e. The first kappa shape index (κ1) is 13.0. The van der Waals surface area contributed by atoms with Gasteiger partial charge in [0, 0.05) is 45.1 Å². The molecule has 0 saturated carbocycles. The van der Waals surface area contributed by atoms with Crippen molar-refractivity contribution in [2.45, 2.75) is 6.42 Å². The van der Waals surface area contributed by atoms with Crippen molar-refractivity contribution in [1.82, 2.24) is 20.5 Å². The predicted octanol–water partition coefficient (Wildman–Crippen LogP) is 0.107. The molecule has 0 bridgehead atoms. The standard InChI is InChI=1S/C13H20N4O/c18-13(12-3-1-4-15-11-12)16-5-2-8-17-9-6-14-7-10-17/h1,3-4,11,14H,2,5-10H2,(H,16,18). The zero-order valence-corrected chi connectivity index (χ0v) is 10.6. The molecule has 2 rings (SSSR count). The summed E-state index contributed by atoms with van der Waals surface area (Å²) >= 11 is 0. The Morgan fingerprint density at radius 3 is 3.00 bits per heavy atom. The van der Waals surface area contributed by atoms with Crippen LogP contribution in [-0.2, 0) is 0 Å². The van der Waals surface area contributed by atoms with Gasteiger partial charge in [0.1, 0.15) is 0 Å². The predicted molar refractivity (Wildman–Crippen MR) is 70.5 cm³/mol. The minimum absolute atomic E-state index is 0.0385. The van der Waals surface area contributed by atoms with Crippen molar-refractivity contribution in [3.63, 3.8) is 0 Å². The Balaban J connectivity index is 1.62. The van der Waals surface area contributed by atoms with Crippen LogP contribution in [0.3, 0.4) is 0 Å². The van der Waals surface area contributed by atoms with Crippen molar-refractivity contribution >= 4 is 5.91 Å². The summed E-state index contributed by atoms with van der Waals surface area (Å²) in [5.74, 6) is -0.0385. The number of pyridine rings is 1. The Kier molecular flexibility index (Phi) is 5.11. The zero-order valence-electron chi connectivity index (χ0n) is 10.6. The first-order valence-electron chi connectivity index (χ1n) is 6.47. The van der Waals surface area contributed by atoms with E-state index in [4.69, 9.17) is 0 Å². The van der Waals surface area contributed by atoms with Gasteiger partial charge in [-0.25, -0.2) is 0 Å². The Hall–Kier alpha value is -1.46. The van der Waals surface area contributed by atoms with Gasteiger partial charge in [0.2, 0.25) is 0 Å². The molecular formula is C13H20N4O. The highest BCUT2D eigenvalue weighted by Crippen LogP contribution is 1.96. The van der Waals surface area contributed by atoms with Crippen molar-refractivity contribution in [1.29, 1.82) is 0 Å². The second-order valence-electron chi connectivity index (χ2n) is 4.44. The van der Waals surface area contributed by atoms with E-state index in [0.29, 0.717) is 5.56 Å². The zero-order chi connectivity index (χ0) is 12.6. The molecule has 0 unspecified atom stereocenters. The highest BCUT2D eigenvalue weighted by molar-refractivity contribution is 5.93. The van der Waals surface area contributed by atoms with E-state index in [0.717, 1.165) is 45.7 Å². The van der Waals surface area contributed by atoms with Crippen LogP contribution in [-0.4, -0.2) is 55.1 Å². The molecule has 98 valence electrons. The first-order valence-corrected chi connectivity index (χ1v) is 6.47. The maximum absolute atomic E-state index is 11.7. The molecule has 2 N–H and O–H groups in total. The van der Waals surface area contributed by atoms with Gasteiger partial charge < -0.3 is 15.5 Å². The molecule has 0 spiro atoms. The number of rotatable bonds is 5. The van der Waals surface area contributed by atoms with Gasteiger partial charge in [0.25, 0.3) is 5.91 Å². The molecular weight excluding hydrogens is 228 g/mol. The third-order valence-corrected chi connectivity index (χ3v) is 3.07. The summed E-state index contributed by atoms with van der Waals surface area (Å²) in [4.78, 5) is 18.1. The summed E-state index contributed by atoms with van der Waals surface area (Å²) in [6.45, 7) is 6.13. The van der Waals surface area contributed by atoms with Crippen molar-refractivity contribution in [3.8, 4) is 0 Å².